The summed E-state index contributed by atoms with van der Waals surface area (Å²) >= 11 is 1.63. The van der Waals surface area contributed by atoms with Crippen molar-refractivity contribution in [2.24, 2.45) is 5.92 Å². The molecule has 116 valence electrons. The fourth-order valence-corrected chi connectivity index (χ4v) is 3.28. The summed E-state index contributed by atoms with van der Waals surface area (Å²) in [7, 11) is 0. The topological polar surface area (TPSA) is 60.9 Å². The van der Waals surface area contributed by atoms with Gasteiger partial charge < -0.3 is 14.9 Å². The molecule has 2 heterocycles. The lowest BCUT2D eigenvalue weighted by atomic mass is 9.98. The maximum Gasteiger partial charge on any atom is 0.320 e. The number of likely N-dealkylation sites (tertiary alicyclic amines) is 1. The zero-order valence-corrected chi connectivity index (χ0v) is 13.3. The number of carbonyl (C=O) groups excluding carboxylic acids is 1. The highest BCUT2D eigenvalue weighted by Gasteiger charge is 2.31. The number of piperidine rings is 1. The minimum absolute atomic E-state index is 0.0515. The van der Waals surface area contributed by atoms with E-state index in [0.29, 0.717) is 26.1 Å². The third-order valence-corrected chi connectivity index (χ3v) is 4.68. The first kappa shape index (κ1) is 15.8. The number of urea groups is 1. The van der Waals surface area contributed by atoms with Gasteiger partial charge in [0.2, 0.25) is 0 Å². The molecular weight excluding hydrogens is 288 g/mol. The summed E-state index contributed by atoms with van der Waals surface area (Å²) in [6, 6.07) is 4.03. The molecule has 21 heavy (non-hydrogen) atoms. The van der Waals surface area contributed by atoms with Crippen molar-refractivity contribution in [2.75, 3.05) is 13.1 Å². The van der Waals surface area contributed by atoms with Crippen molar-refractivity contribution in [2.45, 2.75) is 39.3 Å². The van der Waals surface area contributed by atoms with Gasteiger partial charge in [-0.1, -0.05) is 6.07 Å². The summed E-state index contributed by atoms with van der Waals surface area (Å²) in [4.78, 5) is 28.5. The molecular formula is C15H22N2O3S. The number of aliphatic carboxylic acids is 1. The van der Waals surface area contributed by atoms with E-state index in [9.17, 15) is 9.59 Å². The fourth-order valence-electron chi connectivity index (χ4n) is 2.58. The van der Waals surface area contributed by atoms with Crippen LogP contribution in [0, 0.1) is 5.92 Å². The number of amides is 2. The monoisotopic (exact) mass is 310 g/mol. The normalized spacial score (nSPS) is 18.8. The molecule has 1 N–H and O–H groups in total. The second-order valence-corrected chi connectivity index (χ2v) is 6.74. The van der Waals surface area contributed by atoms with Crippen LogP contribution in [0.4, 0.5) is 4.79 Å². The number of rotatable bonds is 4. The molecule has 5 nitrogen and oxygen atoms in total. The third kappa shape index (κ3) is 3.97. The van der Waals surface area contributed by atoms with Crippen molar-refractivity contribution in [1.29, 1.82) is 0 Å². The van der Waals surface area contributed by atoms with Gasteiger partial charge in [0.05, 0.1) is 12.5 Å². The van der Waals surface area contributed by atoms with E-state index in [0.717, 1.165) is 11.3 Å². The standard InChI is InChI=1S/C15H22N2O3S/c1-11(2)17(10-13-6-4-8-21-13)15(20)16-7-3-5-12(9-16)14(18)19/h4,6,8,11-12H,3,5,7,9-10H2,1-2H3,(H,18,19). The Hall–Kier alpha value is -1.56. The summed E-state index contributed by atoms with van der Waals surface area (Å²) < 4.78 is 0. The number of hydrogen-bond acceptors (Lipinski definition) is 3. The van der Waals surface area contributed by atoms with Gasteiger partial charge in [0, 0.05) is 24.0 Å². The van der Waals surface area contributed by atoms with Gasteiger partial charge in [0.15, 0.2) is 0 Å². The fraction of sp³-hybridized carbons (Fsp3) is 0.600. The van der Waals surface area contributed by atoms with Crippen molar-refractivity contribution in [3.63, 3.8) is 0 Å². The van der Waals surface area contributed by atoms with Crippen LogP contribution in [0.5, 0.6) is 0 Å². The van der Waals surface area contributed by atoms with Crippen molar-refractivity contribution in [3.8, 4) is 0 Å². The molecule has 1 unspecified atom stereocenters. The Morgan fingerprint density at radius 2 is 2.29 bits per heavy atom. The van der Waals surface area contributed by atoms with Gasteiger partial charge in [0.25, 0.3) is 0 Å². The number of nitrogens with zero attached hydrogens (tertiary/aromatic N) is 2. The minimum Gasteiger partial charge on any atom is -0.481 e. The first-order chi connectivity index (χ1) is 9.99. The highest BCUT2D eigenvalue weighted by Crippen LogP contribution is 2.21. The Kier molecular flexibility index (Phi) is 5.22. The molecule has 0 radical (unpaired) electrons. The molecule has 0 spiro atoms. The first-order valence-electron chi connectivity index (χ1n) is 7.29. The molecule has 1 aliphatic heterocycles. The molecule has 0 aliphatic carbocycles. The maximum atomic E-state index is 12.7. The second kappa shape index (κ2) is 6.93. The van der Waals surface area contributed by atoms with E-state index in [2.05, 4.69) is 0 Å². The molecule has 0 bridgehead atoms. The van der Waals surface area contributed by atoms with Crippen LogP contribution in [-0.4, -0.2) is 46.0 Å². The van der Waals surface area contributed by atoms with Gasteiger partial charge in [-0.2, -0.15) is 0 Å². The summed E-state index contributed by atoms with van der Waals surface area (Å²) in [6.45, 7) is 5.54. The molecule has 1 saturated heterocycles. The Morgan fingerprint density at radius 1 is 1.52 bits per heavy atom. The maximum absolute atomic E-state index is 12.7. The summed E-state index contributed by atoms with van der Waals surface area (Å²) in [5.74, 6) is -1.24. The van der Waals surface area contributed by atoms with Crippen molar-refractivity contribution >= 4 is 23.3 Å². The molecule has 1 atom stereocenters. The van der Waals surface area contributed by atoms with Gasteiger partial charge in [0.1, 0.15) is 0 Å². The van der Waals surface area contributed by atoms with Crippen molar-refractivity contribution < 1.29 is 14.7 Å². The molecule has 1 aliphatic rings. The SMILES string of the molecule is CC(C)N(Cc1cccs1)C(=O)N1CCCC(C(=O)O)C1. The molecule has 0 aromatic carbocycles. The lowest BCUT2D eigenvalue weighted by molar-refractivity contribution is -0.143. The summed E-state index contributed by atoms with van der Waals surface area (Å²) in [5, 5.41) is 11.1. The number of carbonyl (C=O) groups is 2. The summed E-state index contributed by atoms with van der Waals surface area (Å²) in [5.41, 5.74) is 0. The van der Waals surface area contributed by atoms with Crippen LogP contribution in [0.15, 0.2) is 17.5 Å². The van der Waals surface area contributed by atoms with Crippen LogP contribution >= 0.6 is 11.3 Å². The zero-order chi connectivity index (χ0) is 15.4. The Labute approximate surface area is 129 Å². The number of carboxylic acids is 1. The van der Waals surface area contributed by atoms with Gasteiger partial charge in [-0.15, -0.1) is 11.3 Å². The average molecular weight is 310 g/mol. The van der Waals surface area contributed by atoms with E-state index in [1.54, 1.807) is 16.2 Å². The zero-order valence-electron chi connectivity index (χ0n) is 12.5. The summed E-state index contributed by atoms with van der Waals surface area (Å²) in [6.07, 6.45) is 1.42. The van der Waals surface area contributed by atoms with Crippen LogP contribution in [0.3, 0.4) is 0 Å². The third-order valence-electron chi connectivity index (χ3n) is 3.82. The number of thiophene rings is 1. The second-order valence-electron chi connectivity index (χ2n) is 5.71. The van der Waals surface area contributed by atoms with Crippen LogP contribution in [0.1, 0.15) is 31.6 Å². The van der Waals surface area contributed by atoms with E-state index in [1.807, 2.05) is 36.3 Å². The lowest BCUT2D eigenvalue weighted by Gasteiger charge is -2.36. The van der Waals surface area contributed by atoms with Gasteiger partial charge >= 0.3 is 12.0 Å². The molecule has 1 fully saturated rings. The van der Waals surface area contributed by atoms with E-state index >= 15 is 0 Å². The largest absolute Gasteiger partial charge is 0.481 e. The van der Waals surface area contributed by atoms with E-state index in [1.165, 1.54) is 0 Å². The van der Waals surface area contributed by atoms with Crippen molar-refractivity contribution in [3.05, 3.63) is 22.4 Å². The van der Waals surface area contributed by atoms with Gasteiger partial charge in [-0.05, 0) is 38.1 Å². The highest BCUT2D eigenvalue weighted by molar-refractivity contribution is 7.09. The van der Waals surface area contributed by atoms with Gasteiger partial charge in [-0.3, -0.25) is 4.79 Å². The predicted octanol–water partition coefficient (Wildman–Crippen LogP) is 2.88. The van der Waals surface area contributed by atoms with Crippen LogP contribution in [0.25, 0.3) is 0 Å². The Morgan fingerprint density at radius 3 is 2.86 bits per heavy atom. The van der Waals surface area contributed by atoms with E-state index in [4.69, 9.17) is 5.11 Å². The first-order valence-corrected chi connectivity index (χ1v) is 8.17. The molecule has 1 aromatic heterocycles. The Balaban J connectivity index is 2.05. The minimum atomic E-state index is -0.804. The molecule has 2 amide bonds. The van der Waals surface area contributed by atoms with Crippen LogP contribution < -0.4 is 0 Å². The number of carboxylic acid groups (broad SMARTS) is 1. The van der Waals surface area contributed by atoms with Crippen molar-refractivity contribution in [1.82, 2.24) is 9.80 Å². The molecule has 1 aromatic rings. The quantitative estimate of drug-likeness (QED) is 0.930. The molecule has 2 rings (SSSR count). The molecule has 6 heteroatoms. The average Bonchev–Trinajstić information content (AvgIpc) is 2.97. The smallest absolute Gasteiger partial charge is 0.320 e. The predicted molar refractivity (Wildman–Crippen MR) is 82.3 cm³/mol. The van der Waals surface area contributed by atoms with Crippen LogP contribution in [-0.2, 0) is 11.3 Å². The lowest BCUT2D eigenvalue weighted by Crippen LogP contribution is -2.50. The number of hydrogen-bond donors (Lipinski definition) is 1. The van der Waals surface area contributed by atoms with E-state index < -0.39 is 11.9 Å². The van der Waals surface area contributed by atoms with Crippen LogP contribution in [0.2, 0.25) is 0 Å². The molecule has 0 saturated carbocycles. The van der Waals surface area contributed by atoms with E-state index in [-0.39, 0.29) is 12.1 Å². The highest BCUT2D eigenvalue weighted by atomic mass is 32.1. The Bertz CT molecular complexity index is 487. The van der Waals surface area contributed by atoms with Gasteiger partial charge in [-0.25, -0.2) is 4.79 Å².